The van der Waals surface area contributed by atoms with Gasteiger partial charge in [-0.25, -0.2) is 9.78 Å². The Bertz CT molecular complexity index is 1090. The minimum Gasteiger partial charge on any atom is -0.450 e. The number of hydrogen-bond donors (Lipinski definition) is 2. The molecule has 3 aromatic rings. The molecule has 0 spiro atoms. The number of nitrogens with zero attached hydrogens (tertiary/aromatic N) is 2. The standard InChI is InChI=1S/C18H15ClN4O3S/c1-9(2)23-16(24)14(22-18(23)25)8-11-4-6-15(26-11)27-17-20-12-5-3-10(19)7-13(12)21-17/h3-9H,1-2H3,(H,20,21)(H,22,25)/b14-8-. The minimum atomic E-state index is -0.427. The molecule has 2 aromatic heterocycles. The molecule has 7 nitrogen and oxygen atoms in total. The molecule has 138 valence electrons. The third kappa shape index (κ3) is 3.45. The number of fused-ring (bicyclic) bond motifs is 1. The van der Waals surface area contributed by atoms with E-state index in [2.05, 4.69) is 15.3 Å². The largest absolute Gasteiger partial charge is 0.450 e. The molecule has 1 aliphatic rings. The van der Waals surface area contributed by atoms with Gasteiger partial charge in [0.2, 0.25) is 0 Å². The van der Waals surface area contributed by atoms with Crippen molar-refractivity contribution in [2.45, 2.75) is 30.1 Å². The summed E-state index contributed by atoms with van der Waals surface area (Å²) < 4.78 is 5.73. The van der Waals surface area contributed by atoms with E-state index in [-0.39, 0.29) is 17.6 Å². The van der Waals surface area contributed by atoms with Crippen LogP contribution in [-0.2, 0) is 4.79 Å². The smallest absolute Gasteiger partial charge is 0.329 e. The van der Waals surface area contributed by atoms with Crippen LogP contribution in [0.4, 0.5) is 4.79 Å². The fraction of sp³-hybridized carbons (Fsp3) is 0.167. The van der Waals surface area contributed by atoms with Crippen molar-refractivity contribution in [1.82, 2.24) is 20.2 Å². The molecular formula is C18H15ClN4O3S. The van der Waals surface area contributed by atoms with Crippen LogP contribution in [0, 0.1) is 0 Å². The van der Waals surface area contributed by atoms with Crippen LogP contribution in [0.25, 0.3) is 17.1 Å². The summed E-state index contributed by atoms with van der Waals surface area (Å²) in [5, 5.41) is 4.46. The van der Waals surface area contributed by atoms with Gasteiger partial charge in [-0.1, -0.05) is 11.6 Å². The zero-order chi connectivity index (χ0) is 19.1. The maximum absolute atomic E-state index is 12.3. The number of urea groups is 1. The predicted molar refractivity (Wildman–Crippen MR) is 102 cm³/mol. The quantitative estimate of drug-likeness (QED) is 0.502. The molecule has 27 heavy (non-hydrogen) atoms. The van der Waals surface area contributed by atoms with E-state index < -0.39 is 6.03 Å². The highest BCUT2D eigenvalue weighted by molar-refractivity contribution is 7.99. The highest BCUT2D eigenvalue weighted by Gasteiger charge is 2.35. The van der Waals surface area contributed by atoms with Gasteiger partial charge in [0.25, 0.3) is 5.91 Å². The molecule has 0 saturated carbocycles. The number of imide groups is 1. The summed E-state index contributed by atoms with van der Waals surface area (Å²) in [6.07, 6.45) is 1.52. The molecule has 0 radical (unpaired) electrons. The normalized spacial score (nSPS) is 16.1. The van der Waals surface area contributed by atoms with E-state index in [0.29, 0.717) is 21.0 Å². The Labute approximate surface area is 163 Å². The number of aromatic nitrogens is 2. The third-order valence-corrected chi connectivity index (χ3v) is 4.98. The predicted octanol–water partition coefficient (Wildman–Crippen LogP) is 4.26. The summed E-state index contributed by atoms with van der Waals surface area (Å²) in [6, 6.07) is 8.29. The van der Waals surface area contributed by atoms with Crippen LogP contribution in [0.5, 0.6) is 0 Å². The van der Waals surface area contributed by atoms with E-state index in [1.165, 1.54) is 22.7 Å². The lowest BCUT2D eigenvalue weighted by Crippen LogP contribution is -2.36. The number of rotatable bonds is 4. The Morgan fingerprint density at radius 3 is 2.81 bits per heavy atom. The molecule has 1 saturated heterocycles. The number of carbonyl (C=O) groups excluding carboxylic acids is 2. The summed E-state index contributed by atoms with van der Waals surface area (Å²) >= 11 is 7.30. The van der Waals surface area contributed by atoms with Crippen molar-refractivity contribution < 1.29 is 14.0 Å². The van der Waals surface area contributed by atoms with Crippen LogP contribution in [-0.4, -0.2) is 32.8 Å². The Morgan fingerprint density at radius 2 is 2.07 bits per heavy atom. The summed E-state index contributed by atoms with van der Waals surface area (Å²) in [5.74, 6) is 0.0978. The number of benzene rings is 1. The molecule has 3 heterocycles. The first-order chi connectivity index (χ1) is 12.9. The zero-order valence-corrected chi connectivity index (χ0v) is 16.0. The Balaban J connectivity index is 1.53. The van der Waals surface area contributed by atoms with Gasteiger partial charge in [-0.2, -0.15) is 0 Å². The molecule has 3 amide bonds. The first-order valence-electron chi connectivity index (χ1n) is 8.20. The minimum absolute atomic E-state index is 0.193. The van der Waals surface area contributed by atoms with E-state index in [9.17, 15) is 9.59 Å². The number of aromatic amines is 1. The molecule has 0 aliphatic carbocycles. The molecule has 0 atom stereocenters. The molecule has 0 unspecified atom stereocenters. The van der Waals surface area contributed by atoms with Crippen molar-refractivity contribution in [1.29, 1.82) is 0 Å². The SMILES string of the molecule is CC(C)N1C(=O)N/C(=C\c2ccc(Sc3nc4ccc(Cl)cc4[nH]3)o2)C1=O. The molecule has 2 N–H and O–H groups in total. The second-order valence-corrected chi connectivity index (χ2v) is 7.65. The van der Waals surface area contributed by atoms with Crippen LogP contribution in [0.15, 0.2) is 50.7 Å². The van der Waals surface area contributed by atoms with E-state index >= 15 is 0 Å². The van der Waals surface area contributed by atoms with Crippen molar-refractivity contribution in [3.8, 4) is 0 Å². The zero-order valence-electron chi connectivity index (χ0n) is 14.4. The van der Waals surface area contributed by atoms with Crippen molar-refractivity contribution >= 4 is 52.4 Å². The monoisotopic (exact) mass is 402 g/mol. The van der Waals surface area contributed by atoms with Gasteiger partial charge in [0.15, 0.2) is 10.2 Å². The topological polar surface area (TPSA) is 91.2 Å². The first-order valence-corrected chi connectivity index (χ1v) is 9.39. The number of carbonyl (C=O) groups is 2. The van der Waals surface area contributed by atoms with Gasteiger partial charge in [0, 0.05) is 17.1 Å². The van der Waals surface area contributed by atoms with Crippen LogP contribution >= 0.6 is 23.4 Å². The number of imidazole rings is 1. The van der Waals surface area contributed by atoms with Crippen molar-refractivity contribution in [2.24, 2.45) is 0 Å². The van der Waals surface area contributed by atoms with Gasteiger partial charge in [0.1, 0.15) is 11.5 Å². The number of H-pyrrole nitrogens is 1. The highest BCUT2D eigenvalue weighted by atomic mass is 35.5. The van der Waals surface area contributed by atoms with E-state index in [1.54, 1.807) is 38.1 Å². The van der Waals surface area contributed by atoms with Crippen LogP contribution in [0.2, 0.25) is 5.02 Å². The van der Waals surface area contributed by atoms with Gasteiger partial charge >= 0.3 is 6.03 Å². The second kappa shape index (κ2) is 6.79. The Kier molecular flexibility index (Phi) is 4.45. The van der Waals surface area contributed by atoms with Gasteiger partial charge in [-0.3, -0.25) is 9.69 Å². The molecule has 4 rings (SSSR count). The maximum atomic E-state index is 12.3. The second-order valence-electron chi connectivity index (χ2n) is 6.22. The number of furan rings is 1. The lowest BCUT2D eigenvalue weighted by Gasteiger charge is -2.15. The summed E-state index contributed by atoms with van der Waals surface area (Å²) in [4.78, 5) is 33.0. The van der Waals surface area contributed by atoms with Crippen LogP contribution in [0.3, 0.4) is 0 Å². The summed E-state index contributed by atoms with van der Waals surface area (Å²) in [6.45, 7) is 3.56. The average Bonchev–Trinajstić information content (AvgIpc) is 3.26. The number of hydrogen-bond acceptors (Lipinski definition) is 5. The lowest BCUT2D eigenvalue weighted by molar-refractivity contribution is -0.123. The molecule has 0 bridgehead atoms. The maximum Gasteiger partial charge on any atom is 0.329 e. The number of nitrogens with one attached hydrogen (secondary N) is 2. The van der Waals surface area contributed by atoms with Gasteiger partial charge < -0.3 is 14.7 Å². The first kappa shape index (κ1) is 17.7. The molecular weight excluding hydrogens is 388 g/mol. The third-order valence-electron chi connectivity index (χ3n) is 3.93. The summed E-state index contributed by atoms with van der Waals surface area (Å²) in [7, 11) is 0. The van der Waals surface area contributed by atoms with Crippen LogP contribution < -0.4 is 5.32 Å². The average molecular weight is 403 g/mol. The number of halogens is 1. The fourth-order valence-corrected chi connectivity index (χ4v) is 3.67. The summed E-state index contributed by atoms with van der Waals surface area (Å²) in [5.41, 5.74) is 1.84. The van der Waals surface area contributed by atoms with Crippen molar-refractivity contribution in [3.05, 3.63) is 46.8 Å². The van der Waals surface area contributed by atoms with Gasteiger partial charge in [-0.05, 0) is 55.9 Å². The van der Waals surface area contributed by atoms with Crippen molar-refractivity contribution in [3.63, 3.8) is 0 Å². The van der Waals surface area contributed by atoms with Crippen molar-refractivity contribution in [2.75, 3.05) is 0 Å². The Morgan fingerprint density at radius 1 is 1.26 bits per heavy atom. The van der Waals surface area contributed by atoms with E-state index in [4.69, 9.17) is 16.0 Å². The Hall–Kier alpha value is -2.71. The van der Waals surface area contributed by atoms with Gasteiger partial charge in [0.05, 0.1) is 11.0 Å². The fourth-order valence-electron chi connectivity index (χ4n) is 2.73. The van der Waals surface area contributed by atoms with Crippen LogP contribution in [0.1, 0.15) is 19.6 Å². The molecule has 9 heteroatoms. The number of amides is 3. The molecule has 1 aliphatic heterocycles. The van der Waals surface area contributed by atoms with E-state index in [0.717, 1.165) is 11.0 Å². The van der Waals surface area contributed by atoms with Gasteiger partial charge in [-0.15, -0.1) is 0 Å². The lowest BCUT2D eigenvalue weighted by atomic mass is 10.3. The molecule has 1 aromatic carbocycles. The highest BCUT2D eigenvalue weighted by Crippen LogP contribution is 2.30. The van der Waals surface area contributed by atoms with E-state index in [1.807, 2.05) is 6.07 Å². The molecule has 1 fully saturated rings.